The summed E-state index contributed by atoms with van der Waals surface area (Å²) in [5, 5.41) is 0. The second kappa shape index (κ2) is 6.91. The van der Waals surface area contributed by atoms with Crippen LogP contribution in [0.25, 0.3) is 16.1 Å². The molecule has 0 aliphatic heterocycles. The van der Waals surface area contributed by atoms with Crippen molar-refractivity contribution in [1.82, 2.24) is 4.57 Å². The van der Waals surface area contributed by atoms with Crippen LogP contribution in [0.5, 0.6) is 0 Å². The summed E-state index contributed by atoms with van der Waals surface area (Å²) < 4.78 is 2.24. The third-order valence-corrected chi connectivity index (χ3v) is 5.27. The van der Waals surface area contributed by atoms with Crippen molar-refractivity contribution in [1.29, 1.82) is 0 Å². The first-order valence-electron chi connectivity index (χ1n) is 8.26. The fourth-order valence-corrected chi connectivity index (χ4v) is 4.04. The normalized spacial score (nSPS) is 11.6. The van der Waals surface area contributed by atoms with Crippen molar-refractivity contribution in [3.63, 3.8) is 0 Å². The lowest BCUT2D eigenvalue weighted by molar-refractivity contribution is 0.955. The first-order chi connectivity index (χ1) is 12.3. The molecule has 0 atom stereocenters. The van der Waals surface area contributed by atoms with E-state index >= 15 is 0 Å². The minimum absolute atomic E-state index is 0.966. The van der Waals surface area contributed by atoms with Crippen LogP contribution >= 0.6 is 11.3 Å². The minimum Gasteiger partial charge on any atom is -0.289 e. The zero-order chi connectivity index (χ0) is 17.1. The number of hydrogen-bond donors (Lipinski definition) is 0. The molecule has 122 valence electrons. The predicted molar refractivity (Wildman–Crippen MR) is 105 cm³/mol. The smallest absolute Gasteiger partial charge is 0.195 e. The van der Waals surface area contributed by atoms with Crippen molar-refractivity contribution in [2.45, 2.75) is 6.92 Å². The van der Waals surface area contributed by atoms with E-state index in [2.05, 4.69) is 60.0 Å². The molecule has 0 N–H and O–H groups in total. The van der Waals surface area contributed by atoms with Crippen molar-refractivity contribution in [3.8, 4) is 16.1 Å². The van der Waals surface area contributed by atoms with E-state index in [4.69, 9.17) is 4.99 Å². The maximum absolute atomic E-state index is 4.91. The monoisotopic (exact) mass is 342 g/mol. The standard InChI is InChI=1S/C22H18N2S/c1-17-21(18-11-5-2-6-12-18)25-22(23-19-13-7-3-8-14-19)24(17)20-15-9-4-10-16-20/h2-16H,1H3. The molecule has 2 nitrogen and oxygen atoms in total. The number of rotatable bonds is 3. The summed E-state index contributed by atoms with van der Waals surface area (Å²) in [4.78, 5) is 7.14. The average Bonchev–Trinajstić information content (AvgIpc) is 3.00. The van der Waals surface area contributed by atoms with Gasteiger partial charge in [-0.1, -0.05) is 78.1 Å². The Morgan fingerprint density at radius 1 is 0.720 bits per heavy atom. The minimum atomic E-state index is 0.966. The van der Waals surface area contributed by atoms with Gasteiger partial charge in [0.1, 0.15) is 0 Å². The largest absolute Gasteiger partial charge is 0.289 e. The lowest BCUT2D eigenvalue weighted by Crippen LogP contribution is -2.13. The Hall–Kier alpha value is -2.91. The van der Waals surface area contributed by atoms with Crippen molar-refractivity contribution >= 4 is 17.0 Å². The van der Waals surface area contributed by atoms with Gasteiger partial charge in [-0.05, 0) is 36.8 Å². The van der Waals surface area contributed by atoms with Gasteiger partial charge < -0.3 is 0 Å². The maximum atomic E-state index is 4.91. The second-order valence-corrected chi connectivity index (χ2v) is 6.76. The molecule has 4 aromatic rings. The highest BCUT2D eigenvalue weighted by Gasteiger charge is 2.13. The summed E-state index contributed by atoms with van der Waals surface area (Å²) in [7, 11) is 0. The molecule has 1 heterocycles. The molecule has 3 heteroatoms. The summed E-state index contributed by atoms with van der Waals surface area (Å²) in [6.07, 6.45) is 0. The molecule has 25 heavy (non-hydrogen) atoms. The van der Waals surface area contributed by atoms with Gasteiger partial charge in [0.05, 0.1) is 10.6 Å². The number of thiazole rings is 1. The van der Waals surface area contributed by atoms with Crippen LogP contribution in [0.3, 0.4) is 0 Å². The molecule has 1 aromatic heterocycles. The Bertz CT molecular complexity index is 1030. The summed E-state index contributed by atoms with van der Waals surface area (Å²) >= 11 is 1.73. The first-order valence-corrected chi connectivity index (χ1v) is 9.07. The molecule has 0 radical (unpaired) electrons. The molecule has 0 spiro atoms. The zero-order valence-electron chi connectivity index (χ0n) is 14.0. The maximum Gasteiger partial charge on any atom is 0.195 e. The average molecular weight is 342 g/mol. The number of benzene rings is 3. The van der Waals surface area contributed by atoms with Crippen LogP contribution < -0.4 is 4.80 Å². The molecule has 0 saturated heterocycles. The zero-order valence-corrected chi connectivity index (χ0v) is 14.8. The van der Waals surface area contributed by atoms with Gasteiger partial charge in [0.25, 0.3) is 0 Å². The lowest BCUT2D eigenvalue weighted by Gasteiger charge is -2.07. The number of aromatic nitrogens is 1. The van der Waals surface area contributed by atoms with Gasteiger partial charge in [-0.15, -0.1) is 0 Å². The van der Waals surface area contributed by atoms with E-state index < -0.39 is 0 Å². The Morgan fingerprint density at radius 2 is 1.28 bits per heavy atom. The van der Waals surface area contributed by atoms with Crippen LogP contribution in [-0.2, 0) is 0 Å². The van der Waals surface area contributed by atoms with Gasteiger partial charge in [0.2, 0.25) is 0 Å². The second-order valence-electron chi connectivity index (χ2n) is 5.78. The molecular formula is C22H18N2S. The quantitative estimate of drug-likeness (QED) is 0.451. The van der Waals surface area contributed by atoms with Crippen molar-refractivity contribution in [3.05, 3.63) is 101 Å². The van der Waals surface area contributed by atoms with Crippen LogP contribution in [0.1, 0.15) is 5.69 Å². The Morgan fingerprint density at radius 3 is 1.92 bits per heavy atom. The third kappa shape index (κ3) is 3.19. The number of hydrogen-bond acceptors (Lipinski definition) is 2. The molecule has 3 aromatic carbocycles. The Kier molecular flexibility index (Phi) is 4.32. The van der Waals surface area contributed by atoms with E-state index in [1.165, 1.54) is 16.1 Å². The predicted octanol–water partition coefficient (Wildman–Crippen LogP) is 5.75. The molecular weight excluding hydrogens is 324 g/mol. The van der Waals surface area contributed by atoms with Gasteiger partial charge in [0.15, 0.2) is 4.80 Å². The van der Waals surface area contributed by atoms with Crippen LogP contribution in [0.2, 0.25) is 0 Å². The van der Waals surface area contributed by atoms with E-state index in [1.54, 1.807) is 11.3 Å². The number of nitrogens with zero attached hydrogens (tertiary/aromatic N) is 2. The van der Waals surface area contributed by atoms with Gasteiger partial charge in [-0.25, -0.2) is 4.99 Å². The topological polar surface area (TPSA) is 17.3 Å². The highest BCUT2D eigenvalue weighted by atomic mass is 32.1. The molecule has 0 amide bonds. The van der Waals surface area contributed by atoms with Crippen molar-refractivity contribution in [2.75, 3.05) is 0 Å². The van der Waals surface area contributed by atoms with Gasteiger partial charge in [-0.3, -0.25) is 4.57 Å². The lowest BCUT2D eigenvalue weighted by atomic mass is 10.1. The van der Waals surface area contributed by atoms with Crippen LogP contribution in [0.4, 0.5) is 5.69 Å². The summed E-state index contributed by atoms with van der Waals surface area (Å²) in [5.74, 6) is 0. The van der Waals surface area contributed by atoms with Gasteiger partial charge in [0, 0.05) is 11.4 Å². The molecule has 0 unspecified atom stereocenters. The van der Waals surface area contributed by atoms with E-state index in [0.29, 0.717) is 0 Å². The number of para-hydroxylation sites is 2. The van der Waals surface area contributed by atoms with E-state index in [0.717, 1.165) is 16.2 Å². The van der Waals surface area contributed by atoms with Crippen molar-refractivity contribution in [2.24, 2.45) is 4.99 Å². The van der Waals surface area contributed by atoms with E-state index in [9.17, 15) is 0 Å². The fraction of sp³-hybridized carbons (Fsp3) is 0.0455. The van der Waals surface area contributed by atoms with Crippen molar-refractivity contribution < 1.29 is 0 Å². The molecule has 0 aliphatic rings. The van der Waals surface area contributed by atoms with Crippen LogP contribution in [0.15, 0.2) is 96.0 Å². The molecule has 4 rings (SSSR count). The van der Waals surface area contributed by atoms with Crippen LogP contribution in [0, 0.1) is 6.92 Å². The van der Waals surface area contributed by atoms with E-state index in [-0.39, 0.29) is 0 Å². The molecule has 0 bridgehead atoms. The summed E-state index contributed by atoms with van der Waals surface area (Å²) in [5.41, 5.74) is 4.53. The Labute approximate surface area is 151 Å². The molecule has 0 saturated carbocycles. The molecule has 0 fully saturated rings. The highest BCUT2D eigenvalue weighted by Crippen LogP contribution is 2.28. The Balaban J connectivity index is 1.98. The highest BCUT2D eigenvalue weighted by molar-refractivity contribution is 7.13. The van der Waals surface area contributed by atoms with E-state index in [1.807, 2.05) is 42.5 Å². The first kappa shape index (κ1) is 15.6. The van der Waals surface area contributed by atoms with Gasteiger partial charge in [-0.2, -0.15) is 0 Å². The third-order valence-electron chi connectivity index (χ3n) is 4.08. The van der Waals surface area contributed by atoms with Crippen LogP contribution in [-0.4, -0.2) is 4.57 Å². The fourth-order valence-electron chi connectivity index (χ4n) is 2.88. The van der Waals surface area contributed by atoms with Gasteiger partial charge >= 0.3 is 0 Å². The molecule has 0 aliphatic carbocycles. The summed E-state index contributed by atoms with van der Waals surface area (Å²) in [6, 6.07) is 31.0. The summed E-state index contributed by atoms with van der Waals surface area (Å²) in [6.45, 7) is 2.16. The SMILES string of the molecule is Cc1c(-c2ccccc2)sc(=Nc2ccccc2)n1-c1ccccc1.